The van der Waals surface area contributed by atoms with Crippen LogP contribution in [-0.2, 0) is 0 Å². The molecule has 0 unspecified atom stereocenters. The van der Waals surface area contributed by atoms with Crippen LogP contribution in [0.15, 0.2) is 36.4 Å². The number of hydrogen-bond acceptors (Lipinski definition) is 2. The van der Waals surface area contributed by atoms with Gasteiger partial charge in [-0.25, -0.2) is 13.8 Å². The number of carbonyl (C=O) groups is 1. The second-order valence-electron chi connectivity index (χ2n) is 3.19. The third-order valence-electron chi connectivity index (χ3n) is 2.11. The van der Waals surface area contributed by atoms with Crippen LogP contribution in [0.25, 0.3) is 11.3 Å². The lowest BCUT2D eigenvalue weighted by atomic mass is 10.1. The van der Waals surface area contributed by atoms with E-state index in [1.54, 1.807) is 6.07 Å². The molecule has 0 saturated carbocycles. The van der Waals surface area contributed by atoms with Crippen LogP contribution in [0.5, 0.6) is 0 Å². The molecule has 2 aromatic rings. The molecule has 0 atom stereocenters. The van der Waals surface area contributed by atoms with Gasteiger partial charge in [-0.15, -0.1) is 0 Å². The van der Waals surface area contributed by atoms with Crippen molar-refractivity contribution in [1.82, 2.24) is 4.98 Å². The van der Waals surface area contributed by atoms with E-state index in [-0.39, 0.29) is 5.69 Å². The molecular weight excluding hydrogens is 212 g/mol. The number of aldehydes is 1. The third kappa shape index (κ3) is 1.95. The Morgan fingerprint density at radius 2 is 1.94 bits per heavy atom. The SMILES string of the molecule is O=Cc1nc(-c2cccc(F)c2)ccc1F. The average molecular weight is 219 g/mol. The number of halogens is 2. The van der Waals surface area contributed by atoms with E-state index in [1.807, 2.05) is 0 Å². The molecule has 16 heavy (non-hydrogen) atoms. The fraction of sp³-hybridized carbons (Fsp3) is 0. The topological polar surface area (TPSA) is 30.0 Å². The van der Waals surface area contributed by atoms with Gasteiger partial charge in [0.25, 0.3) is 0 Å². The van der Waals surface area contributed by atoms with Crippen molar-refractivity contribution in [3.63, 3.8) is 0 Å². The van der Waals surface area contributed by atoms with E-state index in [4.69, 9.17) is 0 Å². The van der Waals surface area contributed by atoms with Crippen LogP contribution < -0.4 is 0 Å². The molecule has 0 aliphatic heterocycles. The summed E-state index contributed by atoms with van der Waals surface area (Å²) in [5.41, 5.74) is 0.591. The molecule has 0 radical (unpaired) electrons. The van der Waals surface area contributed by atoms with Crippen molar-refractivity contribution in [2.24, 2.45) is 0 Å². The van der Waals surface area contributed by atoms with E-state index in [2.05, 4.69) is 4.98 Å². The normalized spacial score (nSPS) is 10.1. The zero-order valence-corrected chi connectivity index (χ0v) is 8.15. The number of nitrogens with zero attached hydrogens (tertiary/aromatic N) is 1. The number of hydrogen-bond donors (Lipinski definition) is 0. The average Bonchev–Trinajstić information content (AvgIpc) is 2.29. The van der Waals surface area contributed by atoms with Crippen molar-refractivity contribution < 1.29 is 13.6 Å². The van der Waals surface area contributed by atoms with Crippen LogP contribution in [0, 0.1) is 11.6 Å². The van der Waals surface area contributed by atoms with E-state index in [9.17, 15) is 13.6 Å². The van der Waals surface area contributed by atoms with Gasteiger partial charge in [-0.2, -0.15) is 0 Å². The highest BCUT2D eigenvalue weighted by Crippen LogP contribution is 2.18. The van der Waals surface area contributed by atoms with Gasteiger partial charge < -0.3 is 0 Å². The maximum atomic E-state index is 13.0. The van der Waals surface area contributed by atoms with Crippen molar-refractivity contribution in [2.45, 2.75) is 0 Å². The number of rotatable bonds is 2. The lowest BCUT2D eigenvalue weighted by Crippen LogP contribution is -1.95. The van der Waals surface area contributed by atoms with Gasteiger partial charge in [0, 0.05) is 5.56 Å². The highest BCUT2D eigenvalue weighted by atomic mass is 19.1. The van der Waals surface area contributed by atoms with Gasteiger partial charge in [0.05, 0.1) is 5.69 Å². The Morgan fingerprint density at radius 3 is 2.62 bits per heavy atom. The number of benzene rings is 1. The first-order valence-corrected chi connectivity index (χ1v) is 4.58. The molecule has 80 valence electrons. The fourth-order valence-electron chi connectivity index (χ4n) is 1.35. The molecule has 2 nitrogen and oxygen atoms in total. The first-order valence-electron chi connectivity index (χ1n) is 4.58. The van der Waals surface area contributed by atoms with Crippen LogP contribution in [-0.4, -0.2) is 11.3 Å². The number of carbonyl (C=O) groups excluding carboxylic acids is 1. The maximum absolute atomic E-state index is 13.0. The fourth-order valence-corrected chi connectivity index (χ4v) is 1.35. The summed E-state index contributed by atoms with van der Waals surface area (Å²) in [6, 6.07) is 8.27. The van der Waals surface area contributed by atoms with Crippen LogP contribution in [0.4, 0.5) is 8.78 Å². The molecule has 1 heterocycles. The zero-order valence-electron chi connectivity index (χ0n) is 8.15. The summed E-state index contributed by atoms with van der Waals surface area (Å²) < 4.78 is 25.9. The third-order valence-corrected chi connectivity index (χ3v) is 2.11. The first-order chi connectivity index (χ1) is 7.70. The highest BCUT2D eigenvalue weighted by molar-refractivity contribution is 5.74. The standard InChI is InChI=1S/C12H7F2NO/c13-9-3-1-2-8(6-9)11-5-4-10(14)12(7-16)15-11/h1-7H. The Kier molecular flexibility index (Phi) is 2.72. The van der Waals surface area contributed by atoms with Crippen LogP contribution >= 0.6 is 0 Å². The smallest absolute Gasteiger partial charge is 0.171 e. The molecule has 0 fully saturated rings. The van der Waals surface area contributed by atoms with Gasteiger partial charge in [-0.1, -0.05) is 12.1 Å². The maximum Gasteiger partial charge on any atom is 0.171 e. The summed E-state index contributed by atoms with van der Waals surface area (Å²) >= 11 is 0. The lowest BCUT2D eigenvalue weighted by molar-refractivity contribution is 0.111. The summed E-state index contributed by atoms with van der Waals surface area (Å²) in [7, 11) is 0. The summed E-state index contributed by atoms with van der Waals surface area (Å²) in [5.74, 6) is -1.09. The van der Waals surface area contributed by atoms with Gasteiger partial charge in [0.1, 0.15) is 11.5 Å². The monoisotopic (exact) mass is 219 g/mol. The molecule has 4 heteroatoms. The molecule has 1 aromatic heterocycles. The second kappa shape index (κ2) is 4.18. The summed E-state index contributed by atoms with van der Waals surface area (Å²) in [6.45, 7) is 0. The predicted octanol–water partition coefficient (Wildman–Crippen LogP) is 2.84. The molecule has 0 bridgehead atoms. The predicted molar refractivity (Wildman–Crippen MR) is 55.0 cm³/mol. The van der Waals surface area contributed by atoms with Crippen molar-refractivity contribution in [3.05, 3.63) is 53.7 Å². The van der Waals surface area contributed by atoms with E-state index in [0.29, 0.717) is 17.5 Å². The van der Waals surface area contributed by atoms with E-state index in [1.165, 1.54) is 24.3 Å². The summed E-state index contributed by atoms with van der Waals surface area (Å²) in [6.07, 6.45) is 0.331. The minimum atomic E-state index is -0.685. The van der Waals surface area contributed by atoms with Crippen molar-refractivity contribution in [1.29, 1.82) is 0 Å². The highest BCUT2D eigenvalue weighted by Gasteiger charge is 2.06. The second-order valence-corrected chi connectivity index (χ2v) is 3.19. The molecule has 0 aliphatic rings. The molecular formula is C12H7F2NO. The molecule has 1 aromatic carbocycles. The molecule has 2 rings (SSSR count). The summed E-state index contributed by atoms with van der Waals surface area (Å²) in [4.78, 5) is 14.3. The zero-order chi connectivity index (χ0) is 11.5. The van der Waals surface area contributed by atoms with E-state index >= 15 is 0 Å². The Morgan fingerprint density at radius 1 is 1.12 bits per heavy atom. The Bertz CT molecular complexity index is 540. The largest absolute Gasteiger partial charge is 0.296 e. The van der Waals surface area contributed by atoms with Gasteiger partial charge in [-0.05, 0) is 24.3 Å². The Balaban J connectivity index is 2.52. The molecule has 0 amide bonds. The van der Waals surface area contributed by atoms with Crippen LogP contribution in [0.3, 0.4) is 0 Å². The first kappa shape index (κ1) is 10.4. The number of aromatic nitrogens is 1. The van der Waals surface area contributed by atoms with Gasteiger partial charge in [0.15, 0.2) is 12.1 Å². The Labute approximate surface area is 90.6 Å². The molecule has 0 spiro atoms. The van der Waals surface area contributed by atoms with Gasteiger partial charge >= 0.3 is 0 Å². The molecule has 0 N–H and O–H groups in total. The van der Waals surface area contributed by atoms with Crippen LogP contribution in [0.2, 0.25) is 0 Å². The Hall–Kier alpha value is -2.10. The van der Waals surface area contributed by atoms with Gasteiger partial charge in [-0.3, -0.25) is 4.79 Å². The van der Waals surface area contributed by atoms with Crippen molar-refractivity contribution >= 4 is 6.29 Å². The van der Waals surface area contributed by atoms with Gasteiger partial charge in [0.2, 0.25) is 0 Å². The van der Waals surface area contributed by atoms with E-state index < -0.39 is 11.6 Å². The van der Waals surface area contributed by atoms with E-state index in [0.717, 1.165) is 6.07 Å². The minimum Gasteiger partial charge on any atom is -0.296 e. The molecule has 0 saturated heterocycles. The molecule has 0 aliphatic carbocycles. The quantitative estimate of drug-likeness (QED) is 0.727. The lowest BCUT2D eigenvalue weighted by Gasteiger charge is -2.02. The van der Waals surface area contributed by atoms with Crippen molar-refractivity contribution in [2.75, 3.05) is 0 Å². The summed E-state index contributed by atoms with van der Waals surface area (Å²) in [5, 5.41) is 0. The number of pyridine rings is 1. The van der Waals surface area contributed by atoms with Crippen molar-refractivity contribution in [3.8, 4) is 11.3 Å². The minimum absolute atomic E-state index is 0.276. The van der Waals surface area contributed by atoms with Crippen LogP contribution in [0.1, 0.15) is 10.5 Å².